The Morgan fingerprint density at radius 2 is 1.64 bits per heavy atom. The number of hydrogen-bond donors (Lipinski definition) is 1. The van der Waals surface area contributed by atoms with E-state index in [0.29, 0.717) is 13.0 Å². The fourth-order valence-corrected chi connectivity index (χ4v) is 3.62. The van der Waals surface area contributed by atoms with Gasteiger partial charge in [-0.05, 0) is 56.2 Å². The van der Waals surface area contributed by atoms with Crippen molar-refractivity contribution in [1.29, 1.82) is 0 Å². The van der Waals surface area contributed by atoms with Crippen molar-refractivity contribution in [2.45, 2.75) is 45.3 Å². The predicted molar refractivity (Wildman–Crippen MR) is 108 cm³/mol. The highest BCUT2D eigenvalue weighted by Crippen LogP contribution is 2.29. The minimum atomic E-state index is -0.979. The fraction of sp³-hybridized carbons (Fsp3) is 0.391. The molecule has 5 nitrogen and oxygen atoms in total. The van der Waals surface area contributed by atoms with Crippen molar-refractivity contribution < 1.29 is 19.4 Å². The van der Waals surface area contributed by atoms with Crippen LogP contribution in [0.4, 0.5) is 4.79 Å². The summed E-state index contributed by atoms with van der Waals surface area (Å²) in [6.45, 7) is 5.74. The van der Waals surface area contributed by atoms with E-state index in [1.165, 1.54) is 4.90 Å². The second-order valence-corrected chi connectivity index (χ2v) is 8.36. The molecule has 0 aromatic heterocycles. The van der Waals surface area contributed by atoms with Crippen LogP contribution in [0.1, 0.15) is 32.8 Å². The summed E-state index contributed by atoms with van der Waals surface area (Å²) in [5.41, 5.74) is 2.80. The summed E-state index contributed by atoms with van der Waals surface area (Å²) in [5, 5.41) is 9.53. The molecule has 0 bridgehead atoms. The summed E-state index contributed by atoms with van der Waals surface area (Å²) in [6, 6.07) is 17.7. The zero-order chi connectivity index (χ0) is 20.3. The van der Waals surface area contributed by atoms with Crippen molar-refractivity contribution in [2.24, 2.45) is 5.92 Å². The van der Waals surface area contributed by atoms with Gasteiger partial charge in [-0.2, -0.15) is 0 Å². The van der Waals surface area contributed by atoms with Gasteiger partial charge in [-0.25, -0.2) is 9.59 Å². The van der Waals surface area contributed by atoms with Gasteiger partial charge in [0, 0.05) is 6.54 Å². The third-order valence-electron chi connectivity index (χ3n) is 4.89. The lowest BCUT2D eigenvalue weighted by atomic mass is 9.95. The van der Waals surface area contributed by atoms with Crippen LogP contribution in [0.2, 0.25) is 0 Å². The van der Waals surface area contributed by atoms with E-state index < -0.39 is 23.7 Å². The zero-order valence-electron chi connectivity index (χ0n) is 16.6. The number of ether oxygens (including phenoxy) is 1. The molecule has 0 unspecified atom stereocenters. The summed E-state index contributed by atoms with van der Waals surface area (Å²) in [7, 11) is 0. The Labute approximate surface area is 165 Å². The minimum Gasteiger partial charge on any atom is -0.480 e. The molecule has 1 aliphatic heterocycles. The highest BCUT2D eigenvalue weighted by atomic mass is 16.6. The van der Waals surface area contributed by atoms with Crippen molar-refractivity contribution in [3.63, 3.8) is 0 Å². The quantitative estimate of drug-likeness (QED) is 0.840. The Bertz CT molecular complexity index is 824. The number of carboxylic acid groups (broad SMARTS) is 1. The Morgan fingerprint density at radius 3 is 2.21 bits per heavy atom. The molecule has 0 saturated carbocycles. The largest absolute Gasteiger partial charge is 0.480 e. The van der Waals surface area contributed by atoms with Gasteiger partial charge >= 0.3 is 12.1 Å². The Hall–Kier alpha value is -2.82. The third kappa shape index (κ3) is 4.91. The van der Waals surface area contributed by atoms with Crippen LogP contribution in [0.15, 0.2) is 54.6 Å². The topological polar surface area (TPSA) is 66.8 Å². The lowest BCUT2D eigenvalue weighted by Gasteiger charge is -2.26. The molecule has 2 aromatic carbocycles. The van der Waals surface area contributed by atoms with Gasteiger partial charge in [0.2, 0.25) is 0 Å². The second kappa shape index (κ2) is 8.05. The maximum Gasteiger partial charge on any atom is 0.411 e. The molecule has 1 saturated heterocycles. The van der Waals surface area contributed by atoms with E-state index in [1.54, 1.807) is 20.8 Å². The van der Waals surface area contributed by atoms with E-state index in [4.69, 9.17) is 4.74 Å². The van der Waals surface area contributed by atoms with Crippen LogP contribution in [0.5, 0.6) is 0 Å². The molecule has 1 fully saturated rings. The molecule has 1 N–H and O–H groups in total. The van der Waals surface area contributed by atoms with E-state index in [1.807, 2.05) is 18.2 Å². The second-order valence-electron chi connectivity index (χ2n) is 8.36. The summed E-state index contributed by atoms with van der Waals surface area (Å²) in [6.07, 6.45) is 0.620. The number of aliphatic carboxylic acids is 1. The Balaban J connectivity index is 1.67. The van der Waals surface area contributed by atoms with E-state index in [9.17, 15) is 14.7 Å². The maximum absolute atomic E-state index is 12.4. The first-order valence-electron chi connectivity index (χ1n) is 9.60. The molecular formula is C23H27NO4. The van der Waals surface area contributed by atoms with Crippen LogP contribution >= 0.6 is 0 Å². The van der Waals surface area contributed by atoms with Crippen molar-refractivity contribution >= 4 is 12.1 Å². The Kier molecular flexibility index (Phi) is 5.73. The Morgan fingerprint density at radius 1 is 1.04 bits per heavy atom. The molecule has 148 valence electrons. The zero-order valence-corrected chi connectivity index (χ0v) is 16.6. The molecule has 3 rings (SSSR count). The van der Waals surface area contributed by atoms with E-state index in [-0.39, 0.29) is 5.92 Å². The van der Waals surface area contributed by atoms with Crippen LogP contribution in [-0.2, 0) is 16.0 Å². The fourth-order valence-electron chi connectivity index (χ4n) is 3.62. The molecule has 0 radical (unpaired) electrons. The van der Waals surface area contributed by atoms with Crippen molar-refractivity contribution in [3.05, 3.63) is 60.2 Å². The van der Waals surface area contributed by atoms with Crippen LogP contribution in [0, 0.1) is 5.92 Å². The summed E-state index contributed by atoms with van der Waals surface area (Å²) in [5.74, 6) is -0.885. The molecular weight excluding hydrogens is 354 g/mol. The molecule has 5 heteroatoms. The number of benzene rings is 2. The first kappa shape index (κ1) is 19.9. The monoisotopic (exact) mass is 381 g/mol. The lowest BCUT2D eigenvalue weighted by molar-refractivity contribution is -0.142. The molecule has 28 heavy (non-hydrogen) atoms. The number of rotatable bonds is 4. The van der Waals surface area contributed by atoms with Gasteiger partial charge in [0.15, 0.2) is 0 Å². The van der Waals surface area contributed by atoms with Crippen molar-refractivity contribution in [2.75, 3.05) is 6.54 Å². The first-order chi connectivity index (χ1) is 13.2. The summed E-state index contributed by atoms with van der Waals surface area (Å²) < 4.78 is 5.39. The van der Waals surface area contributed by atoms with Crippen molar-refractivity contribution in [1.82, 2.24) is 4.90 Å². The van der Waals surface area contributed by atoms with Gasteiger partial charge in [-0.3, -0.25) is 4.90 Å². The number of nitrogens with zero attached hydrogens (tertiary/aromatic N) is 1. The third-order valence-corrected chi connectivity index (χ3v) is 4.89. The van der Waals surface area contributed by atoms with Gasteiger partial charge in [-0.1, -0.05) is 54.6 Å². The molecule has 1 heterocycles. The smallest absolute Gasteiger partial charge is 0.411 e. The van der Waals surface area contributed by atoms with Gasteiger partial charge in [0.05, 0.1) is 0 Å². The number of carboxylic acids is 1. The molecule has 1 amide bonds. The minimum absolute atomic E-state index is 0.0937. The predicted octanol–water partition coefficient (Wildman–Crippen LogP) is 4.61. The standard InChI is InChI=1S/C23H27NO4/c1-23(2,3)28-22(27)24-15-17(14-20(24)21(25)26)13-16-9-11-19(12-10-16)18-7-5-4-6-8-18/h4-12,17,20H,13-15H2,1-3H3,(H,25,26)/t17-,20+/m1/s1. The molecule has 0 spiro atoms. The van der Waals surface area contributed by atoms with E-state index >= 15 is 0 Å². The number of amides is 1. The number of carbonyl (C=O) groups excluding carboxylic acids is 1. The highest BCUT2D eigenvalue weighted by molar-refractivity contribution is 5.81. The SMILES string of the molecule is CC(C)(C)OC(=O)N1C[C@H](Cc2ccc(-c3ccccc3)cc2)C[C@H]1C(=O)O. The maximum atomic E-state index is 12.4. The molecule has 2 aromatic rings. The van der Waals surface area contributed by atoms with Gasteiger partial charge in [0.25, 0.3) is 0 Å². The lowest BCUT2D eigenvalue weighted by Crippen LogP contribution is -2.43. The summed E-state index contributed by atoms with van der Waals surface area (Å²) >= 11 is 0. The van der Waals surface area contributed by atoms with Gasteiger partial charge < -0.3 is 9.84 Å². The van der Waals surface area contributed by atoms with Gasteiger partial charge in [0.1, 0.15) is 11.6 Å². The summed E-state index contributed by atoms with van der Waals surface area (Å²) in [4.78, 5) is 25.4. The van der Waals surface area contributed by atoms with E-state index in [0.717, 1.165) is 23.1 Å². The number of hydrogen-bond acceptors (Lipinski definition) is 3. The highest BCUT2D eigenvalue weighted by Gasteiger charge is 2.41. The molecule has 1 aliphatic rings. The number of likely N-dealkylation sites (tertiary alicyclic amines) is 1. The van der Waals surface area contributed by atoms with Gasteiger partial charge in [-0.15, -0.1) is 0 Å². The molecule has 2 atom stereocenters. The van der Waals surface area contributed by atoms with Crippen LogP contribution in [0.25, 0.3) is 11.1 Å². The average Bonchev–Trinajstić information content (AvgIpc) is 3.06. The average molecular weight is 381 g/mol. The van der Waals surface area contributed by atoms with Crippen molar-refractivity contribution in [3.8, 4) is 11.1 Å². The van der Waals surface area contributed by atoms with Crippen LogP contribution in [0.3, 0.4) is 0 Å². The normalized spacial score (nSPS) is 19.5. The van der Waals surface area contributed by atoms with Crippen LogP contribution in [-0.4, -0.2) is 40.3 Å². The molecule has 0 aliphatic carbocycles. The first-order valence-corrected chi connectivity index (χ1v) is 9.60. The van der Waals surface area contributed by atoms with Crippen LogP contribution < -0.4 is 0 Å². The number of carbonyl (C=O) groups is 2. The van der Waals surface area contributed by atoms with E-state index in [2.05, 4.69) is 36.4 Å².